The predicted molar refractivity (Wildman–Crippen MR) is 92.4 cm³/mol. The molecule has 1 atom stereocenters. The third-order valence-corrected chi connectivity index (χ3v) is 4.32. The van der Waals surface area contributed by atoms with E-state index in [1.54, 1.807) is 12.0 Å². The zero-order chi connectivity index (χ0) is 17.2. The van der Waals surface area contributed by atoms with Gasteiger partial charge >= 0.3 is 0 Å². The molecule has 0 N–H and O–H groups in total. The molecule has 0 aliphatic carbocycles. The molecule has 0 spiro atoms. The van der Waals surface area contributed by atoms with E-state index in [9.17, 15) is 4.79 Å². The average molecular weight is 335 g/mol. The number of para-hydroxylation sites is 1. The summed E-state index contributed by atoms with van der Waals surface area (Å²) in [7, 11) is 1.61. The van der Waals surface area contributed by atoms with Gasteiger partial charge in [-0.05, 0) is 30.3 Å². The molecule has 4 rings (SSSR count). The van der Waals surface area contributed by atoms with Crippen LogP contribution in [0.25, 0.3) is 11.5 Å². The second-order valence-electron chi connectivity index (χ2n) is 5.93. The Labute approximate surface area is 145 Å². The van der Waals surface area contributed by atoms with E-state index >= 15 is 0 Å². The van der Waals surface area contributed by atoms with Crippen LogP contribution in [-0.2, 0) is 4.79 Å². The van der Waals surface area contributed by atoms with Gasteiger partial charge < -0.3 is 14.2 Å². The van der Waals surface area contributed by atoms with Crippen molar-refractivity contribution in [1.82, 2.24) is 10.1 Å². The van der Waals surface area contributed by atoms with Crippen LogP contribution in [-0.4, -0.2) is 29.7 Å². The standard InChI is InChI=1S/C19H17N3O3/c1-24-16-9-5-6-13(10-16)19-20-18(21-25-19)14-11-17(23)22(12-14)15-7-3-2-4-8-15/h2-10,14H,11-12H2,1H3/t14-/m0/s1. The lowest BCUT2D eigenvalue weighted by molar-refractivity contribution is -0.117. The molecule has 2 heterocycles. The molecule has 25 heavy (non-hydrogen) atoms. The molecule has 1 fully saturated rings. The molecule has 1 saturated heterocycles. The monoisotopic (exact) mass is 335 g/mol. The van der Waals surface area contributed by atoms with Crippen molar-refractivity contribution in [1.29, 1.82) is 0 Å². The summed E-state index contributed by atoms with van der Waals surface area (Å²) in [5.74, 6) is 1.72. The van der Waals surface area contributed by atoms with E-state index in [-0.39, 0.29) is 11.8 Å². The molecule has 2 aromatic carbocycles. The number of ether oxygens (including phenoxy) is 1. The summed E-state index contributed by atoms with van der Waals surface area (Å²) in [6.45, 7) is 0.555. The Balaban J connectivity index is 1.56. The Bertz CT molecular complexity index is 892. The molecule has 0 saturated carbocycles. The van der Waals surface area contributed by atoms with Crippen molar-refractivity contribution in [2.45, 2.75) is 12.3 Å². The fraction of sp³-hybridized carbons (Fsp3) is 0.211. The summed E-state index contributed by atoms with van der Waals surface area (Å²) >= 11 is 0. The number of carbonyl (C=O) groups excluding carboxylic acids is 1. The van der Waals surface area contributed by atoms with Crippen LogP contribution in [0.3, 0.4) is 0 Å². The van der Waals surface area contributed by atoms with Crippen LogP contribution in [0.5, 0.6) is 5.75 Å². The molecular formula is C19H17N3O3. The van der Waals surface area contributed by atoms with Crippen molar-refractivity contribution in [3.05, 3.63) is 60.4 Å². The van der Waals surface area contributed by atoms with Crippen molar-refractivity contribution >= 4 is 11.6 Å². The lowest BCUT2D eigenvalue weighted by Crippen LogP contribution is -2.24. The van der Waals surface area contributed by atoms with Crippen molar-refractivity contribution in [3.8, 4) is 17.2 Å². The Morgan fingerprint density at radius 2 is 2.00 bits per heavy atom. The van der Waals surface area contributed by atoms with Crippen LogP contribution >= 0.6 is 0 Å². The third kappa shape index (κ3) is 2.98. The SMILES string of the molecule is COc1cccc(-c2nc([C@H]3CC(=O)N(c4ccccc4)C3)no2)c1. The largest absolute Gasteiger partial charge is 0.497 e. The van der Waals surface area contributed by atoms with E-state index < -0.39 is 0 Å². The molecule has 3 aromatic rings. The van der Waals surface area contributed by atoms with Crippen LogP contribution in [0.4, 0.5) is 5.69 Å². The summed E-state index contributed by atoms with van der Waals surface area (Å²) in [6, 6.07) is 17.1. The highest BCUT2D eigenvalue weighted by Gasteiger charge is 2.34. The summed E-state index contributed by atoms with van der Waals surface area (Å²) in [5.41, 5.74) is 1.69. The number of aromatic nitrogens is 2. The van der Waals surface area contributed by atoms with E-state index in [0.717, 1.165) is 17.0 Å². The maximum Gasteiger partial charge on any atom is 0.258 e. The van der Waals surface area contributed by atoms with Crippen LogP contribution in [0.2, 0.25) is 0 Å². The van der Waals surface area contributed by atoms with Gasteiger partial charge in [0.15, 0.2) is 5.82 Å². The molecule has 6 nitrogen and oxygen atoms in total. The normalized spacial score (nSPS) is 17.1. The average Bonchev–Trinajstić information content (AvgIpc) is 3.29. The number of nitrogens with zero attached hydrogens (tertiary/aromatic N) is 3. The smallest absolute Gasteiger partial charge is 0.258 e. The van der Waals surface area contributed by atoms with E-state index in [1.165, 1.54) is 0 Å². The van der Waals surface area contributed by atoms with E-state index in [1.807, 2.05) is 54.6 Å². The third-order valence-electron chi connectivity index (χ3n) is 4.32. The maximum absolute atomic E-state index is 12.3. The predicted octanol–water partition coefficient (Wildman–Crippen LogP) is 3.27. The van der Waals surface area contributed by atoms with Crippen molar-refractivity contribution in [3.63, 3.8) is 0 Å². The summed E-state index contributed by atoms with van der Waals surface area (Å²) in [5, 5.41) is 4.09. The molecule has 0 unspecified atom stereocenters. The van der Waals surface area contributed by atoms with Gasteiger partial charge in [-0.2, -0.15) is 4.98 Å². The minimum atomic E-state index is -0.0733. The molecular weight excluding hydrogens is 318 g/mol. The zero-order valence-corrected chi connectivity index (χ0v) is 13.8. The van der Waals surface area contributed by atoms with Crippen LogP contribution in [0.1, 0.15) is 18.2 Å². The fourth-order valence-electron chi connectivity index (χ4n) is 3.01. The van der Waals surface area contributed by atoms with Crippen LogP contribution in [0.15, 0.2) is 59.1 Å². The minimum absolute atomic E-state index is 0.0731. The molecule has 0 radical (unpaired) electrons. The first-order chi connectivity index (χ1) is 12.2. The highest BCUT2D eigenvalue weighted by molar-refractivity contribution is 5.96. The number of anilines is 1. The first kappa shape index (κ1) is 15.4. The lowest BCUT2D eigenvalue weighted by atomic mass is 10.1. The fourth-order valence-corrected chi connectivity index (χ4v) is 3.01. The van der Waals surface area contributed by atoms with E-state index in [2.05, 4.69) is 10.1 Å². The summed E-state index contributed by atoms with van der Waals surface area (Å²) in [6.07, 6.45) is 0.381. The first-order valence-electron chi connectivity index (χ1n) is 8.08. The summed E-state index contributed by atoms with van der Waals surface area (Å²) < 4.78 is 10.6. The number of rotatable bonds is 4. The molecule has 126 valence electrons. The number of amides is 1. The van der Waals surface area contributed by atoms with Gasteiger partial charge in [-0.15, -0.1) is 0 Å². The highest BCUT2D eigenvalue weighted by Crippen LogP contribution is 2.31. The highest BCUT2D eigenvalue weighted by atomic mass is 16.5. The van der Waals surface area contributed by atoms with Gasteiger partial charge in [0.25, 0.3) is 5.89 Å². The number of hydrogen-bond donors (Lipinski definition) is 0. The van der Waals surface area contributed by atoms with Crippen LogP contribution in [0, 0.1) is 0 Å². The van der Waals surface area contributed by atoms with Crippen molar-refractivity contribution < 1.29 is 14.1 Å². The van der Waals surface area contributed by atoms with Gasteiger partial charge in [0.05, 0.1) is 7.11 Å². The Morgan fingerprint density at radius 1 is 1.16 bits per heavy atom. The minimum Gasteiger partial charge on any atom is -0.497 e. The second kappa shape index (κ2) is 6.39. The molecule has 0 bridgehead atoms. The Hall–Kier alpha value is -3.15. The van der Waals surface area contributed by atoms with Gasteiger partial charge in [-0.25, -0.2) is 0 Å². The lowest BCUT2D eigenvalue weighted by Gasteiger charge is -2.15. The van der Waals surface area contributed by atoms with Gasteiger partial charge in [-0.3, -0.25) is 4.79 Å². The quantitative estimate of drug-likeness (QED) is 0.732. The molecule has 1 aliphatic rings. The number of benzene rings is 2. The van der Waals surface area contributed by atoms with Crippen LogP contribution < -0.4 is 9.64 Å². The van der Waals surface area contributed by atoms with Gasteiger partial charge in [0.1, 0.15) is 5.75 Å². The Morgan fingerprint density at radius 3 is 2.80 bits per heavy atom. The van der Waals surface area contributed by atoms with Gasteiger partial charge in [-0.1, -0.05) is 29.4 Å². The second-order valence-corrected chi connectivity index (χ2v) is 5.93. The summed E-state index contributed by atoms with van der Waals surface area (Å²) in [4.78, 5) is 18.6. The van der Waals surface area contributed by atoms with E-state index in [0.29, 0.717) is 24.7 Å². The first-order valence-corrected chi connectivity index (χ1v) is 8.08. The van der Waals surface area contributed by atoms with Gasteiger partial charge in [0, 0.05) is 30.1 Å². The van der Waals surface area contributed by atoms with Crippen molar-refractivity contribution in [2.75, 3.05) is 18.6 Å². The Kier molecular flexibility index (Phi) is 3.93. The molecule has 1 aromatic heterocycles. The molecule has 1 amide bonds. The van der Waals surface area contributed by atoms with Gasteiger partial charge in [0.2, 0.25) is 5.91 Å². The number of hydrogen-bond acceptors (Lipinski definition) is 5. The zero-order valence-electron chi connectivity index (χ0n) is 13.8. The number of carbonyl (C=O) groups is 1. The topological polar surface area (TPSA) is 68.5 Å². The molecule has 6 heteroatoms. The van der Waals surface area contributed by atoms with Crippen molar-refractivity contribution in [2.24, 2.45) is 0 Å². The number of methoxy groups -OCH3 is 1. The molecule has 1 aliphatic heterocycles. The van der Waals surface area contributed by atoms with E-state index in [4.69, 9.17) is 9.26 Å². The maximum atomic E-state index is 12.3.